The minimum atomic E-state index is -4.05. The summed E-state index contributed by atoms with van der Waals surface area (Å²) >= 11 is 0. The van der Waals surface area contributed by atoms with Gasteiger partial charge in [-0.25, -0.2) is 22.7 Å². The number of hydrogen-bond acceptors (Lipinski definition) is 7. The van der Waals surface area contributed by atoms with Crippen molar-refractivity contribution in [2.24, 2.45) is 0 Å². The zero-order valence-corrected chi connectivity index (χ0v) is 24.4. The van der Waals surface area contributed by atoms with Crippen molar-refractivity contribution >= 4 is 33.9 Å². The molecular weight excluding hydrogens is 540 g/mol. The number of amides is 3. The lowest BCUT2D eigenvalue weighted by Crippen LogP contribution is -2.54. The standard InChI is InChI=1S/C27H40N4O8S/c1-27(2,3)39-26(36)30-15-12-20(13-16-30)29(4)23(32)17-21(24(33)31-14-8-11-22(31)25(34)35)28-40(37,38)18-19-9-6-5-7-10-19/h5-7,9-10,20-22,28H,8,11-18H2,1-4H3,(H,34,35). The van der Waals surface area contributed by atoms with E-state index in [0.29, 0.717) is 37.9 Å². The maximum absolute atomic E-state index is 13.5. The van der Waals surface area contributed by atoms with E-state index in [1.54, 1.807) is 63.1 Å². The maximum atomic E-state index is 13.5. The molecule has 2 atom stereocenters. The van der Waals surface area contributed by atoms with Crippen LogP contribution < -0.4 is 4.72 Å². The van der Waals surface area contributed by atoms with Gasteiger partial charge in [-0.1, -0.05) is 30.3 Å². The molecule has 0 radical (unpaired) electrons. The molecule has 2 fully saturated rings. The summed E-state index contributed by atoms with van der Waals surface area (Å²) in [6.45, 7) is 6.30. The number of likely N-dealkylation sites (tertiary alicyclic amines) is 2. The molecule has 222 valence electrons. The Balaban J connectivity index is 1.70. The van der Waals surface area contributed by atoms with E-state index >= 15 is 0 Å². The smallest absolute Gasteiger partial charge is 0.410 e. The van der Waals surface area contributed by atoms with Crippen molar-refractivity contribution in [3.8, 4) is 0 Å². The highest BCUT2D eigenvalue weighted by molar-refractivity contribution is 7.88. The van der Waals surface area contributed by atoms with Gasteiger partial charge in [0.15, 0.2) is 0 Å². The molecule has 3 amide bonds. The summed E-state index contributed by atoms with van der Waals surface area (Å²) in [4.78, 5) is 55.1. The number of nitrogens with one attached hydrogen (secondary N) is 1. The molecule has 1 aromatic carbocycles. The van der Waals surface area contributed by atoms with Crippen LogP contribution >= 0.6 is 0 Å². The summed E-state index contributed by atoms with van der Waals surface area (Å²) < 4.78 is 33.9. The number of sulfonamides is 1. The third-order valence-corrected chi connectivity index (χ3v) is 8.43. The Kier molecular flexibility index (Phi) is 10.2. The Morgan fingerprint density at radius 1 is 1.07 bits per heavy atom. The fourth-order valence-corrected chi connectivity index (χ4v) is 6.34. The van der Waals surface area contributed by atoms with Gasteiger partial charge in [-0.3, -0.25) is 9.59 Å². The fraction of sp³-hybridized carbons (Fsp3) is 0.630. The molecule has 40 heavy (non-hydrogen) atoms. The van der Waals surface area contributed by atoms with Crippen molar-refractivity contribution in [3.63, 3.8) is 0 Å². The van der Waals surface area contributed by atoms with Crippen LogP contribution in [0.3, 0.4) is 0 Å². The predicted molar refractivity (Wildman–Crippen MR) is 147 cm³/mol. The number of carbonyl (C=O) groups excluding carboxylic acids is 3. The molecule has 2 heterocycles. The summed E-state index contributed by atoms with van der Waals surface area (Å²) in [6, 6.07) is 5.68. The van der Waals surface area contributed by atoms with Gasteiger partial charge >= 0.3 is 12.1 Å². The maximum Gasteiger partial charge on any atom is 0.410 e. The van der Waals surface area contributed by atoms with E-state index in [9.17, 15) is 32.7 Å². The molecule has 0 bridgehead atoms. The molecule has 2 unspecified atom stereocenters. The van der Waals surface area contributed by atoms with Gasteiger partial charge in [-0.05, 0) is 52.0 Å². The highest BCUT2D eigenvalue weighted by atomic mass is 32.2. The van der Waals surface area contributed by atoms with Crippen LogP contribution in [0.5, 0.6) is 0 Å². The molecule has 2 aliphatic rings. The molecular formula is C27H40N4O8S. The van der Waals surface area contributed by atoms with Crippen molar-refractivity contribution < 1.29 is 37.4 Å². The van der Waals surface area contributed by atoms with E-state index in [1.807, 2.05) is 0 Å². The summed E-state index contributed by atoms with van der Waals surface area (Å²) in [5.41, 5.74) is -0.114. The molecule has 2 saturated heterocycles. The topological polar surface area (TPSA) is 154 Å². The molecule has 12 nitrogen and oxygen atoms in total. The fourth-order valence-electron chi connectivity index (χ4n) is 5.00. The highest BCUT2D eigenvalue weighted by Crippen LogP contribution is 2.22. The molecule has 0 spiro atoms. The molecule has 0 aromatic heterocycles. The lowest BCUT2D eigenvalue weighted by molar-refractivity contribution is -0.149. The first-order chi connectivity index (χ1) is 18.7. The zero-order valence-electron chi connectivity index (χ0n) is 23.5. The van der Waals surface area contributed by atoms with Crippen molar-refractivity contribution in [2.75, 3.05) is 26.7 Å². The molecule has 0 aliphatic carbocycles. The number of nitrogens with zero attached hydrogens (tertiary/aromatic N) is 3. The second-order valence-corrected chi connectivity index (χ2v) is 13.1. The number of piperidine rings is 1. The lowest BCUT2D eigenvalue weighted by atomic mass is 10.0. The highest BCUT2D eigenvalue weighted by Gasteiger charge is 2.40. The number of carboxylic acid groups (broad SMARTS) is 1. The average molecular weight is 581 g/mol. The minimum absolute atomic E-state index is 0.167. The van der Waals surface area contributed by atoms with E-state index in [2.05, 4.69) is 4.72 Å². The second-order valence-electron chi connectivity index (χ2n) is 11.4. The lowest BCUT2D eigenvalue weighted by Gasteiger charge is -2.37. The number of aliphatic carboxylic acids is 1. The number of rotatable bonds is 9. The van der Waals surface area contributed by atoms with Gasteiger partial charge in [-0.15, -0.1) is 0 Å². The van der Waals surface area contributed by atoms with E-state index in [4.69, 9.17) is 4.74 Å². The number of benzene rings is 1. The van der Waals surface area contributed by atoms with Crippen LogP contribution in [0.4, 0.5) is 4.79 Å². The molecule has 13 heteroatoms. The molecule has 1 aromatic rings. The summed E-state index contributed by atoms with van der Waals surface area (Å²) in [5, 5.41) is 9.56. The van der Waals surface area contributed by atoms with Crippen molar-refractivity contribution in [3.05, 3.63) is 35.9 Å². The number of carbonyl (C=O) groups is 4. The quantitative estimate of drug-likeness (QED) is 0.448. The Labute approximate surface area is 235 Å². The second kappa shape index (κ2) is 13.0. The first-order valence-corrected chi connectivity index (χ1v) is 15.1. The van der Waals surface area contributed by atoms with Gasteiger partial charge in [0, 0.05) is 32.7 Å². The van der Waals surface area contributed by atoms with Gasteiger partial charge in [0.05, 0.1) is 12.2 Å². The van der Waals surface area contributed by atoms with Gasteiger partial charge in [0.1, 0.15) is 17.7 Å². The minimum Gasteiger partial charge on any atom is -0.480 e. The van der Waals surface area contributed by atoms with Crippen LogP contribution in [0.25, 0.3) is 0 Å². The monoisotopic (exact) mass is 580 g/mol. The van der Waals surface area contributed by atoms with E-state index in [-0.39, 0.29) is 19.0 Å². The van der Waals surface area contributed by atoms with Crippen LogP contribution in [-0.2, 0) is 34.9 Å². The van der Waals surface area contributed by atoms with Gasteiger partial charge in [-0.2, -0.15) is 0 Å². The summed E-state index contributed by atoms with van der Waals surface area (Å²) in [5.74, 6) is -2.75. The van der Waals surface area contributed by atoms with Crippen LogP contribution in [-0.4, -0.2) is 103 Å². The Bertz CT molecular complexity index is 1180. The summed E-state index contributed by atoms with van der Waals surface area (Å²) in [7, 11) is -2.46. The normalized spacial score (nSPS) is 19.2. The Morgan fingerprint density at radius 3 is 2.27 bits per heavy atom. The van der Waals surface area contributed by atoms with Crippen LogP contribution in [0.2, 0.25) is 0 Å². The van der Waals surface area contributed by atoms with E-state index in [0.717, 1.165) is 4.90 Å². The average Bonchev–Trinajstić information content (AvgIpc) is 3.37. The van der Waals surface area contributed by atoms with Crippen LogP contribution in [0.1, 0.15) is 58.4 Å². The number of hydrogen-bond donors (Lipinski definition) is 2. The van der Waals surface area contributed by atoms with Gasteiger partial charge in [0.2, 0.25) is 21.8 Å². The Morgan fingerprint density at radius 2 is 1.70 bits per heavy atom. The van der Waals surface area contributed by atoms with E-state index in [1.165, 1.54) is 4.90 Å². The number of ether oxygens (including phenoxy) is 1. The first-order valence-electron chi connectivity index (χ1n) is 13.5. The van der Waals surface area contributed by atoms with Crippen LogP contribution in [0, 0.1) is 0 Å². The molecule has 2 aliphatic heterocycles. The van der Waals surface area contributed by atoms with E-state index < -0.39 is 63.8 Å². The molecule has 2 N–H and O–H groups in total. The first kappa shape index (κ1) is 31.3. The zero-order chi connectivity index (χ0) is 29.7. The third-order valence-electron chi connectivity index (χ3n) is 7.08. The number of carboxylic acids is 1. The largest absolute Gasteiger partial charge is 0.480 e. The van der Waals surface area contributed by atoms with Gasteiger partial charge < -0.3 is 24.5 Å². The third kappa shape index (κ3) is 8.65. The molecule has 0 saturated carbocycles. The molecule has 3 rings (SSSR count). The van der Waals surface area contributed by atoms with Gasteiger partial charge in [0.25, 0.3) is 0 Å². The predicted octanol–water partition coefficient (Wildman–Crippen LogP) is 1.80. The van der Waals surface area contributed by atoms with Crippen LogP contribution in [0.15, 0.2) is 30.3 Å². The van der Waals surface area contributed by atoms with Crippen molar-refractivity contribution in [1.82, 2.24) is 19.4 Å². The van der Waals surface area contributed by atoms with Crippen molar-refractivity contribution in [1.29, 1.82) is 0 Å². The van der Waals surface area contributed by atoms with Crippen molar-refractivity contribution in [2.45, 2.75) is 82.4 Å². The Hall–Kier alpha value is -3.19. The SMILES string of the molecule is CN(C(=O)CC(NS(=O)(=O)Cc1ccccc1)C(=O)N1CCCC1C(=O)O)C1CCN(C(=O)OC(C)(C)C)CC1. The summed E-state index contributed by atoms with van der Waals surface area (Å²) in [6.07, 6.45) is 0.834.